The van der Waals surface area contributed by atoms with Gasteiger partial charge in [0.25, 0.3) is 0 Å². The van der Waals surface area contributed by atoms with E-state index in [4.69, 9.17) is 9.84 Å². The molecule has 0 aromatic heterocycles. The molecule has 5 heteroatoms. The summed E-state index contributed by atoms with van der Waals surface area (Å²) in [4.78, 5) is 14.9. The maximum absolute atomic E-state index is 12.7. The van der Waals surface area contributed by atoms with E-state index in [-0.39, 0.29) is 11.8 Å². The summed E-state index contributed by atoms with van der Waals surface area (Å²) in [6.45, 7) is 4.82. The number of anilines is 1. The fraction of sp³-hybridized carbons (Fsp3) is 0.417. The fourth-order valence-corrected chi connectivity index (χ4v) is 3.84. The highest BCUT2D eigenvalue weighted by Gasteiger charge is 2.34. The van der Waals surface area contributed by atoms with Crippen molar-refractivity contribution < 1.29 is 9.53 Å². The van der Waals surface area contributed by atoms with Gasteiger partial charge >= 0.3 is 0 Å². The van der Waals surface area contributed by atoms with Crippen LogP contribution in [-0.4, -0.2) is 43.3 Å². The number of aryl methyl sites for hydroxylation is 2. The molecule has 0 N–H and O–H groups in total. The van der Waals surface area contributed by atoms with Crippen LogP contribution in [0.1, 0.15) is 36.5 Å². The largest absolute Gasteiger partial charge is 0.492 e. The topological polar surface area (TPSA) is 45.1 Å². The number of ether oxygens (including phenoxy) is 1. The number of hydrogen-bond donors (Lipinski definition) is 0. The molecule has 152 valence electrons. The molecule has 2 atom stereocenters. The number of benzene rings is 2. The van der Waals surface area contributed by atoms with E-state index >= 15 is 0 Å². The van der Waals surface area contributed by atoms with Gasteiger partial charge in [0.1, 0.15) is 12.4 Å². The predicted octanol–water partition coefficient (Wildman–Crippen LogP) is 4.03. The number of rotatable bonds is 5. The first kappa shape index (κ1) is 19.6. The molecular weight excluding hydrogens is 362 g/mol. The molecule has 2 aromatic rings. The summed E-state index contributed by atoms with van der Waals surface area (Å²) in [5.41, 5.74) is 5.41. The van der Waals surface area contributed by atoms with E-state index in [9.17, 15) is 4.79 Å². The van der Waals surface area contributed by atoms with Crippen LogP contribution in [0.15, 0.2) is 47.6 Å². The monoisotopic (exact) mass is 391 g/mol. The van der Waals surface area contributed by atoms with Crippen LogP contribution in [-0.2, 0) is 11.2 Å². The van der Waals surface area contributed by atoms with Crippen molar-refractivity contribution in [2.45, 2.75) is 39.2 Å². The molecule has 1 aliphatic heterocycles. The van der Waals surface area contributed by atoms with E-state index in [1.165, 1.54) is 11.1 Å². The zero-order valence-electron chi connectivity index (χ0n) is 17.7. The van der Waals surface area contributed by atoms with Crippen LogP contribution >= 0.6 is 0 Å². The second-order valence-electron chi connectivity index (χ2n) is 8.41. The summed E-state index contributed by atoms with van der Waals surface area (Å²) in [7, 11) is 4.11. The van der Waals surface area contributed by atoms with Crippen LogP contribution in [0.4, 0.5) is 5.69 Å². The van der Waals surface area contributed by atoms with Gasteiger partial charge in [-0.15, -0.1) is 0 Å². The number of carbonyl (C=O) groups excluding carboxylic acids is 1. The molecule has 0 spiro atoms. The lowest BCUT2D eigenvalue weighted by Crippen LogP contribution is -2.39. The van der Waals surface area contributed by atoms with Crippen molar-refractivity contribution in [3.63, 3.8) is 0 Å². The highest BCUT2D eigenvalue weighted by atomic mass is 16.5. The molecule has 2 aliphatic rings. The van der Waals surface area contributed by atoms with Gasteiger partial charge in [-0.1, -0.05) is 23.8 Å². The summed E-state index contributed by atoms with van der Waals surface area (Å²) >= 11 is 0. The van der Waals surface area contributed by atoms with Gasteiger partial charge in [-0.05, 0) is 70.6 Å². The van der Waals surface area contributed by atoms with Crippen molar-refractivity contribution in [1.82, 2.24) is 4.90 Å². The number of fused-ring (bicyclic) bond motifs is 3. The van der Waals surface area contributed by atoms with E-state index in [0.717, 1.165) is 35.6 Å². The summed E-state index contributed by atoms with van der Waals surface area (Å²) in [5, 5.41) is 6.40. The second-order valence-corrected chi connectivity index (χ2v) is 8.41. The number of amides is 1. The number of hydrogen-bond acceptors (Lipinski definition) is 4. The minimum absolute atomic E-state index is 0.0678. The van der Waals surface area contributed by atoms with Crippen LogP contribution in [0.3, 0.4) is 0 Å². The highest BCUT2D eigenvalue weighted by molar-refractivity contribution is 6.11. The van der Waals surface area contributed by atoms with Crippen LogP contribution in [0.25, 0.3) is 0 Å². The highest BCUT2D eigenvalue weighted by Crippen LogP contribution is 2.35. The Kier molecular flexibility index (Phi) is 5.41. The van der Waals surface area contributed by atoms with Crippen molar-refractivity contribution >= 4 is 17.3 Å². The normalized spacial score (nSPS) is 19.5. The molecule has 1 aliphatic carbocycles. The Morgan fingerprint density at radius 3 is 2.69 bits per heavy atom. The van der Waals surface area contributed by atoms with E-state index in [2.05, 4.69) is 38.1 Å². The maximum Gasteiger partial charge on any atom is 0.248 e. The maximum atomic E-state index is 12.7. The molecule has 0 fully saturated rings. The molecule has 2 unspecified atom stereocenters. The first-order chi connectivity index (χ1) is 13.9. The van der Waals surface area contributed by atoms with Crippen molar-refractivity contribution in [2.24, 2.45) is 11.0 Å². The summed E-state index contributed by atoms with van der Waals surface area (Å²) in [5.74, 6) is 1.12. The standard InChI is InChI=1S/C24H29N3O2/c1-16-5-10-20(11-6-16)27-23(28)13-19-8-7-18-9-12-21(14-22(18)24(19)25-27)29-15-17(2)26(3)4/h5-6,9-12,14,17,19H,7-8,13,15H2,1-4H3. The van der Waals surface area contributed by atoms with Crippen LogP contribution in [0, 0.1) is 12.8 Å². The Bertz CT molecular complexity index is 934. The molecule has 2 aromatic carbocycles. The van der Waals surface area contributed by atoms with E-state index in [1.54, 1.807) is 5.01 Å². The summed E-state index contributed by atoms with van der Waals surface area (Å²) in [6, 6.07) is 14.6. The number of hydrazone groups is 1. The number of likely N-dealkylation sites (N-methyl/N-ethyl adjacent to an activating group) is 1. The minimum atomic E-state index is 0.0678. The van der Waals surface area contributed by atoms with Gasteiger partial charge in [-0.25, -0.2) is 5.01 Å². The Balaban J connectivity index is 1.65. The quantitative estimate of drug-likeness (QED) is 0.773. The van der Waals surface area contributed by atoms with E-state index < -0.39 is 0 Å². The average Bonchev–Trinajstić information content (AvgIpc) is 2.71. The van der Waals surface area contributed by atoms with E-state index in [1.807, 2.05) is 37.3 Å². The summed E-state index contributed by atoms with van der Waals surface area (Å²) in [6.07, 6.45) is 2.46. The Hall–Kier alpha value is -2.66. The molecule has 0 radical (unpaired) electrons. The van der Waals surface area contributed by atoms with Gasteiger partial charge in [0.2, 0.25) is 5.91 Å². The van der Waals surface area contributed by atoms with Crippen LogP contribution in [0.5, 0.6) is 5.75 Å². The van der Waals surface area contributed by atoms with Gasteiger partial charge in [0, 0.05) is 23.9 Å². The predicted molar refractivity (Wildman–Crippen MR) is 117 cm³/mol. The van der Waals surface area contributed by atoms with Crippen LogP contribution in [0.2, 0.25) is 0 Å². The van der Waals surface area contributed by atoms with Gasteiger partial charge < -0.3 is 9.64 Å². The number of nitrogens with zero attached hydrogens (tertiary/aromatic N) is 3. The molecule has 0 bridgehead atoms. The first-order valence-electron chi connectivity index (χ1n) is 10.3. The third-order valence-corrected chi connectivity index (χ3v) is 6.02. The second kappa shape index (κ2) is 7.99. The van der Waals surface area contributed by atoms with Crippen molar-refractivity contribution in [3.05, 3.63) is 59.2 Å². The lowest BCUT2D eigenvalue weighted by molar-refractivity contribution is -0.119. The average molecular weight is 392 g/mol. The van der Waals surface area contributed by atoms with Crippen molar-refractivity contribution in [3.8, 4) is 5.75 Å². The fourth-order valence-electron chi connectivity index (χ4n) is 3.84. The molecule has 1 amide bonds. The van der Waals surface area contributed by atoms with Gasteiger partial charge in [-0.3, -0.25) is 4.79 Å². The third kappa shape index (κ3) is 4.06. The molecule has 1 heterocycles. The van der Waals surface area contributed by atoms with E-state index in [0.29, 0.717) is 19.1 Å². The Labute approximate surface area is 173 Å². The molecular formula is C24H29N3O2. The zero-order valence-corrected chi connectivity index (χ0v) is 17.7. The Morgan fingerprint density at radius 2 is 1.97 bits per heavy atom. The molecule has 29 heavy (non-hydrogen) atoms. The van der Waals surface area contributed by atoms with Gasteiger partial charge in [0.05, 0.1) is 11.4 Å². The van der Waals surface area contributed by atoms with Gasteiger partial charge in [-0.2, -0.15) is 5.10 Å². The molecule has 5 nitrogen and oxygen atoms in total. The molecule has 4 rings (SSSR count). The third-order valence-electron chi connectivity index (χ3n) is 6.02. The molecule has 0 saturated carbocycles. The lowest BCUT2D eigenvalue weighted by atomic mass is 9.79. The Morgan fingerprint density at radius 1 is 1.21 bits per heavy atom. The smallest absolute Gasteiger partial charge is 0.248 e. The van der Waals surface area contributed by atoms with Crippen molar-refractivity contribution in [1.29, 1.82) is 0 Å². The molecule has 0 saturated heterocycles. The minimum Gasteiger partial charge on any atom is -0.492 e. The van der Waals surface area contributed by atoms with Gasteiger partial charge in [0.15, 0.2) is 0 Å². The van der Waals surface area contributed by atoms with Crippen LogP contribution < -0.4 is 9.75 Å². The van der Waals surface area contributed by atoms with Crippen molar-refractivity contribution in [2.75, 3.05) is 25.7 Å². The zero-order chi connectivity index (χ0) is 20.5. The number of carbonyl (C=O) groups is 1. The lowest BCUT2D eigenvalue weighted by Gasteiger charge is -2.33. The summed E-state index contributed by atoms with van der Waals surface area (Å²) < 4.78 is 6.04. The SMILES string of the molecule is Cc1ccc(N2N=C3c4cc(OCC(C)N(C)C)ccc4CCC3CC2=O)cc1. The first-order valence-corrected chi connectivity index (χ1v) is 10.3.